The van der Waals surface area contributed by atoms with E-state index in [-0.39, 0.29) is 35.8 Å². The van der Waals surface area contributed by atoms with Crippen LogP contribution in [0.2, 0.25) is 0 Å². The molecule has 1 heterocycles. The van der Waals surface area contributed by atoms with Crippen LogP contribution in [-0.4, -0.2) is 62.6 Å². The molecule has 0 atom stereocenters. The lowest BCUT2D eigenvalue weighted by Gasteiger charge is -2.32. The molecule has 0 aromatic rings. The van der Waals surface area contributed by atoms with Crippen LogP contribution in [0.25, 0.3) is 0 Å². The van der Waals surface area contributed by atoms with Crippen LogP contribution in [0.3, 0.4) is 0 Å². The molecule has 0 unspecified atom stereocenters. The lowest BCUT2D eigenvalue weighted by Crippen LogP contribution is -2.49. The molecule has 23 heavy (non-hydrogen) atoms. The summed E-state index contributed by atoms with van der Waals surface area (Å²) in [6.07, 6.45) is 3.54. The van der Waals surface area contributed by atoms with Crippen LogP contribution in [0, 0.1) is 5.92 Å². The van der Waals surface area contributed by atoms with E-state index in [0.29, 0.717) is 19.1 Å². The molecule has 3 N–H and O–H groups in total. The Balaban J connectivity index is 0.00000484. The number of halogens is 1. The van der Waals surface area contributed by atoms with E-state index in [2.05, 4.69) is 32.8 Å². The van der Waals surface area contributed by atoms with Gasteiger partial charge in [-0.25, -0.2) is 0 Å². The number of amides is 1. The maximum absolute atomic E-state index is 11.5. The number of nitrogens with zero attached hydrogens (tertiary/aromatic N) is 2. The van der Waals surface area contributed by atoms with Crippen molar-refractivity contribution in [3.63, 3.8) is 0 Å². The number of nitrogens with one attached hydrogen (secondary N) is 3. The van der Waals surface area contributed by atoms with Crippen LogP contribution in [0.15, 0.2) is 4.99 Å². The third kappa shape index (κ3) is 9.34. The maximum Gasteiger partial charge on any atom is 0.222 e. The van der Waals surface area contributed by atoms with Gasteiger partial charge in [0.2, 0.25) is 5.91 Å². The predicted molar refractivity (Wildman–Crippen MR) is 108 cm³/mol. The van der Waals surface area contributed by atoms with E-state index in [1.54, 1.807) is 7.05 Å². The van der Waals surface area contributed by atoms with Gasteiger partial charge in [-0.3, -0.25) is 9.79 Å². The smallest absolute Gasteiger partial charge is 0.222 e. The minimum Gasteiger partial charge on any atom is -0.355 e. The molecular formula is C16H34IN5O. The largest absolute Gasteiger partial charge is 0.355 e. The fourth-order valence-corrected chi connectivity index (χ4v) is 2.58. The monoisotopic (exact) mass is 439 g/mol. The summed E-state index contributed by atoms with van der Waals surface area (Å²) in [5.74, 6) is 0.950. The van der Waals surface area contributed by atoms with Gasteiger partial charge in [-0.2, -0.15) is 0 Å². The number of carbonyl (C=O) groups is 1. The SMILES string of the molecule is CCCN1CCC(NC(=NC)NCCNC(=O)C(C)C)CC1.I. The van der Waals surface area contributed by atoms with E-state index in [4.69, 9.17) is 0 Å². The number of rotatable bonds is 7. The minimum absolute atomic E-state index is 0. The highest BCUT2D eigenvalue weighted by atomic mass is 127. The summed E-state index contributed by atoms with van der Waals surface area (Å²) in [5, 5.41) is 9.63. The van der Waals surface area contributed by atoms with Gasteiger partial charge >= 0.3 is 0 Å². The second-order valence-corrected chi connectivity index (χ2v) is 6.20. The molecule has 0 saturated carbocycles. The lowest BCUT2D eigenvalue weighted by molar-refractivity contribution is -0.123. The first-order valence-electron chi connectivity index (χ1n) is 8.54. The molecule has 1 fully saturated rings. The molecule has 7 heteroatoms. The first kappa shape index (κ1) is 22.4. The number of hydrogen-bond donors (Lipinski definition) is 3. The van der Waals surface area contributed by atoms with E-state index < -0.39 is 0 Å². The topological polar surface area (TPSA) is 68.8 Å². The fraction of sp³-hybridized carbons (Fsp3) is 0.875. The Hall–Kier alpha value is -0.570. The number of carbonyl (C=O) groups excluding carboxylic acids is 1. The van der Waals surface area contributed by atoms with Crippen molar-refractivity contribution in [3.8, 4) is 0 Å². The number of aliphatic imine (C=N–C) groups is 1. The van der Waals surface area contributed by atoms with Crippen molar-refractivity contribution in [2.45, 2.75) is 46.1 Å². The molecule has 6 nitrogen and oxygen atoms in total. The van der Waals surface area contributed by atoms with Crippen LogP contribution in [0.1, 0.15) is 40.0 Å². The molecule has 0 aliphatic carbocycles. The predicted octanol–water partition coefficient (Wildman–Crippen LogP) is 1.42. The standard InChI is InChI=1S/C16H33N5O.HI/c1-5-10-21-11-6-14(7-12-21)20-16(17-4)19-9-8-18-15(22)13(2)3;/h13-14H,5-12H2,1-4H3,(H,18,22)(H2,17,19,20);1H. The summed E-state index contributed by atoms with van der Waals surface area (Å²) in [5.41, 5.74) is 0. The average Bonchev–Trinajstić information content (AvgIpc) is 2.51. The highest BCUT2D eigenvalue weighted by Gasteiger charge is 2.19. The van der Waals surface area contributed by atoms with Gasteiger partial charge in [0.1, 0.15) is 0 Å². The Morgan fingerprint density at radius 3 is 2.35 bits per heavy atom. The van der Waals surface area contributed by atoms with E-state index >= 15 is 0 Å². The second kappa shape index (κ2) is 12.8. The van der Waals surface area contributed by atoms with Crippen molar-refractivity contribution in [1.82, 2.24) is 20.9 Å². The summed E-state index contributed by atoms with van der Waals surface area (Å²) in [4.78, 5) is 18.2. The third-order valence-electron chi connectivity index (χ3n) is 3.93. The van der Waals surface area contributed by atoms with Crippen LogP contribution >= 0.6 is 24.0 Å². The van der Waals surface area contributed by atoms with E-state index in [1.807, 2.05) is 13.8 Å². The van der Waals surface area contributed by atoms with Gasteiger partial charge in [0.15, 0.2) is 5.96 Å². The van der Waals surface area contributed by atoms with Gasteiger partial charge in [-0.05, 0) is 25.8 Å². The van der Waals surface area contributed by atoms with Crippen LogP contribution < -0.4 is 16.0 Å². The molecule has 0 bridgehead atoms. The normalized spacial score (nSPS) is 16.8. The number of guanidine groups is 1. The number of hydrogen-bond acceptors (Lipinski definition) is 3. The van der Waals surface area contributed by atoms with Gasteiger partial charge < -0.3 is 20.9 Å². The molecule has 1 aliphatic rings. The fourth-order valence-electron chi connectivity index (χ4n) is 2.58. The molecule has 1 rings (SSSR count). The summed E-state index contributed by atoms with van der Waals surface area (Å²) >= 11 is 0. The molecule has 0 radical (unpaired) electrons. The zero-order valence-corrected chi connectivity index (χ0v) is 17.4. The van der Waals surface area contributed by atoms with Crippen LogP contribution in [0.5, 0.6) is 0 Å². The Bertz CT molecular complexity index is 354. The molecule has 0 spiro atoms. The Kier molecular flexibility index (Phi) is 12.5. The molecule has 1 saturated heterocycles. The van der Waals surface area contributed by atoms with Crippen molar-refractivity contribution in [1.29, 1.82) is 0 Å². The van der Waals surface area contributed by atoms with Crippen LogP contribution in [-0.2, 0) is 4.79 Å². The summed E-state index contributed by atoms with van der Waals surface area (Å²) in [7, 11) is 1.79. The lowest BCUT2D eigenvalue weighted by atomic mass is 10.1. The van der Waals surface area contributed by atoms with Crippen molar-refractivity contribution >= 4 is 35.8 Å². The summed E-state index contributed by atoms with van der Waals surface area (Å²) in [6.45, 7) is 10.9. The third-order valence-corrected chi connectivity index (χ3v) is 3.93. The van der Waals surface area contributed by atoms with Crippen molar-refractivity contribution < 1.29 is 4.79 Å². The van der Waals surface area contributed by atoms with Gasteiger partial charge in [0.05, 0.1) is 0 Å². The Morgan fingerprint density at radius 1 is 1.22 bits per heavy atom. The van der Waals surface area contributed by atoms with E-state index in [9.17, 15) is 4.79 Å². The van der Waals surface area contributed by atoms with Crippen LogP contribution in [0.4, 0.5) is 0 Å². The van der Waals surface area contributed by atoms with E-state index in [1.165, 1.54) is 13.0 Å². The van der Waals surface area contributed by atoms with Gasteiger partial charge in [-0.15, -0.1) is 24.0 Å². The summed E-state index contributed by atoms with van der Waals surface area (Å²) in [6, 6.07) is 0.490. The zero-order chi connectivity index (χ0) is 16.4. The van der Waals surface area contributed by atoms with Crippen molar-refractivity contribution in [2.75, 3.05) is 39.8 Å². The summed E-state index contributed by atoms with van der Waals surface area (Å²) < 4.78 is 0. The molecule has 136 valence electrons. The van der Waals surface area contributed by atoms with E-state index in [0.717, 1.165) is 31.9 Å². The highest BCUT2D eigenvalue weighted by molar-refractivity contribution is 14.0. The number of likely N-dealkylation sites (tertiary alicyclic amines) is 1. The molecule has 0 aromatic carbocycles. The van der Waals surface area contributed by atoms with Crippen molar-refractivity contribution in [3.05, 3.63) is 0 Å². The van der Waals surface area contributed by atoms with Gasteiger partial charge in [0.25, 0.3) is 0 Å². The molecule has 0 aromatic heterocycles. The first-order chi connectivity index (χ1) is 10.6. The molecular weight excluding hydrogens is 405 g/mol. The number of piperidine rings is 1. The maximum atomic E-state index is 11.5. The Labute approximate surface area is 158 Å². The van der Waals surface area contributed by atoms with Crippen molar-refractivity contribution in [2.24, 2.45) is 10.9 Å². The molecule has 1 amide bonds. The Morgan fingerprint density at radius 2 is 1.83 bits per heavy atom. The second-order valence-electron chi connectivity index (χ2n) is 6.20. The van der Waals surface area contributed by atoms with Gasteiger partial charge in [-0.1, -0.05) is 20.8 Å². The highest BCUT2D eigenvalue weighted by Crippen LogP contribution is 2.10. The minimum atomic E-state index is 0. The quantitative estimate of drug-likeness (QED) is 0.243. The average molecular weight is 439 g/mol. The first-order valence-corrected chi connectivity index (χ1v) is 8.54. The van der Waals surface area contributed by atoms with Gasteiger partial charge in [0, 0.05) is 45.2 Å². The molecule has 1 aliphatic heterocycles. The zero-order valence-electron chi connectivity index (χ0n) is 15.0.